The average Bonchev–Trinajstić information content (AvgIpc) is 2.76. The number of halogens is 2. The van der Waals surface area contributed by atoms with Gasteiger partial charge in [-0.05, 0) is 18.2 Å². The number of aliphatic carboxylic acids is 1. The van der Waals surface area contributed by atoms with E-state index in [0.717, 1.165) is 16.7 Å². The highest BCUT2D eigenvalue weighted by molar-refractivity contribution is 8.06. The van der Waals surface area contributed by atoms with E-state index in [1.54, 1.807) is 18.2 Å². The molecule has 1 fully saturated rings. The van der Waals surface area contributed by atoms with Gasteiger partial charge in [0.15, 0.2) is 0 Å². The van der Waals surface area contributed by atoms with E-state index in [1.165, 1.54) is 29.6 Å². The lowest BCUT2D eigenvalue weighted by Crippen LogP contribution is -2.70. The first-order valence-electron chi connectivity index (χ1n) is 9.47. The number of carboxylic acids is 1. The number of nitrogens with zero attached hydrogens (tertiary/aromatic N) is 2. The molecule has 1 aromatic heterocycles. The Balaban J connectivity index is 1.44. The summed E-state index contributed by atoms with van der Waals surface area (Å²) in [6.07, 6.45) is 0. The molecule has 1 unspecified atom stereocenters. The summed E-state index contributed by atoms with van der Waals surface area (Å²) < 4.78 is 0. The van der Waals surface area contributed by atoms with Gasteiger partial charge in [0.1, 0.15) is 28.0 Å². The van der Waals surface area contributed by atoms with E-state index in [4.69, 9.17) is 28.9 Å². The molecule has 0 spiro atoms. The molecule has 2 atom stereocenters. The molecule has 5 N–H and O–H groups in total. The van der Waals surface area contributed by atoms with Gasteiger partial charge < -0.3 is 16.2 Å². The van der Waals surface area contributed by atoms with E-state index in [-0.39, 0.29) is 28.0 Å². The molecular weight excluding hydrogens is 545 g/mol. The number of aromatic nitrogens is 2. The Morgan fingerprint density at radius 3 is 2.79 bits per heavy atom. The molecule has 3 heterocycles. The number of hydrogen-bond acceptors (Lipinski definition) is 9. The predicted molar refractivity (Wildman–Crippen MR) is 132 cm³/mol. The van der Waals surface area contributed by atoms with Crippen molar-refractivity contribution >= 4 is 82.1 Å². The van der Waals surface area contributed by atoms with Crippen molar-refractivity contribution in [1.29, 1.82) is 0 Å². The molecule has 0 bridgehead atoms. The molecule has 0 saturated carbocycles. The number of nitrogen functional groups attached to an aromatic ring is 1. The van der Waals surface area contributed by atoms with Gasteiger partial charge in [0.25, 0.3) is 5.91 Å². The van der Waals surface area contributed by atoms with Gasteiger partial charge in [-0.3, -0.25) is 19.5 Å². The Bertz CT molecular complexity index is 1290. The fraction of sp³-hybridized carbons (Fsp3) is 0.211. The first-order valence-corrected chi connectivity index (χ1v) is 13.1. The van der Waals surface area contributed by atoms with Crippen LogP contribution in [0.5, 0.6) is 0 Å². The molecule has 1 saturated heterocycles. The molecule has 2 aliphatic heterocycles. The van der Waals surface area contributed by atoms with Gasteiger partial charge in [0, 0.05) is 26.6 Å². The minimum atomic E-state index is -1.30. The number of carbonyl (C=O) groups excluding carboxylic acids is 2. The summed E-state index contributed by atoms with van der Waals surface area (Å²) in [6.45, 7) is 0. The minimum Gasteiger partial charge on any atom is -0.477 e. The number of aromatic amines is 1. The SMILES string of the molecule is Nc1cc(SC2=C(C(=O)O)N3C(=O)C(NC(=O)CSc4cc(Cl)ccc4Cl)[C@H]3SC2)nc(=O)[nH]1. The van der Waals surface area contributed by atoms with Crippen LogP contribution in [0.1, 0.15) is 0 Å². The van der Waals surface area contributed by atoms with Crippen LogP contribution in [0, 0.1) is 0 Å². The number of β-lactam (4-membered cyclic amide) rings is 1. The fourth-order valence-corrected chi connectivity index (χ4v) is 7.03. The van der Waals surface area contributed by atoms with Crippen molar-refractivity contribution in [2.75, 3.05) is 17.2 Å². The molecule has 34 heavy (non-hydrogen) atoms. The van der Waals surface area contributed by atoms with Crippen LogP contribution < -0.4 is 16.7 Å². The van der Waals surface area contributed by atoms with Crippen molar-refractivity contribution in [3.63, 3.8) is 0 Å². The zero-order valence-electron chi connectivity index (χ0n) is 16.9. The maximum atomic E-state index is 12.8. The number of nitrogens with one attached hydrogen (secondary N) is 2. The van der Waals surface area contributed by atoms with Gasteiger partial charge in [-0.2, -0.15) is 4.98 Å². The van der Waals surface area contributed by atoms with E-state index in [2.05, 4.69) is 15.3 Å². The molecular formula is C19H15Cl2N5O5S3. The van der Waals surface area contributed by atoms with Crippen LogP contribution in [0.2, 0.25) is 10.0 Å². The van der Waals surface area contributed by atoms with E-state index < -0.39 is 34.9 Å². The number of carboxylic acid groups (broad SMARTS) is 1. The van der Waals surface area contributed by atoms with Crippen LogP contribution in [0.3, 0.4) is 0 Å². The predicted octanol–water partition coefficient (Wildman–Crippen LogP) is 2.24. The smallest absolute Gasteiger partial charge is 0.353 e. The van der Waals surface area contributed by atoms with Gasteiger partial charge in [0.05, 0.1) is 10.8 Å². The Labute approximate surface area is 215 Å². The number of fused-ring (bicyclic) bond motifs is 1. The van der Waals surface area contributed by atoms with Crippen molar-refractivity contribution < 1.29 is 19.5 Å². The van der Waals surface area contributed by atoms with E-state index >= 15 is 0 Å². The Morgan fingerprint density at radius 1 is 1.32 bits per heavy atom. The van der Waals surface area contributed by atoms with E-state index in [1.807, 2.05) is 0 Å². The maximum absolute atomic E-state index is 12.8. The molecule has 178 valence electrons. The molecule has 1 aromatic carbocycles. The lowest BCUT2D eigenvalue weighted by atomic mass is 10.1. The normalized spacial score (nSPS) is 19.5. The standard InChI is InChI=1S/C19H15Cl2N5O5S3/c20-7-1-2-8(21)9(3-7)32-6-12(27)24-14-16(28)26-15(18(29)30)10(5-33-17(14)26)34-13-4-11(22)23-19(31)25-13/h1-4,14,17H,5-6H2,(H,24,27)(H,29,30)(H3,22,23,25,31)/t14?,17-/m1/s1. The third kappa shape index (κ3) is 5.18. The van der Waals surface area contributed by atoms with Gasteiger partial charge in [0.2, 0.25) is 5.91 Å². The first kappa shape index (κ1) is 24.8. The van der Waals surface area contributed by atoms with Gasteiger partial charge in [-0.1, -0.05) is 35.0 Å². The lowest BCUT2D eigenvalue weighted by molar-refractivity contribution is -0.150. The van der Waals surface area contributed by atoms with Crippen LogP contribution in [-0.4, -0.2) is 60.7 Å². The maximum Gasteiger partial charge on any atom is 0.353 e. The number of benzene rings is 1. The molecule has 2 aromatic rings. The van der Waals surface area contributed by atoms with Crippen molar-refractivity contribution in [1.82, 2.24) is 20.2 Å². The van der Waals surface area contributed by atoms with Crippen molar-refractivity contribution in [3.05, 3.63) is 55.4 Å². The fourth-order valence-electron chi connectivity index (χ4n) is 3.25. The largest absolute Gasteiger partial charge is 0.477 e. The van der Waals surface area contributed by atoms with Crippen molar-refractivity contribution in [2.45, 2.75) is 21.3 Å². The molecule has 0 aliphatic carbocycles. The van der Waals surface area contributed by atoms with Crippen LogP contribution in [-0.2, 0) is 14.4 Å². The molecule has 0 radical (unpaired) electrons. The van der Waals surface area contributed by atoms with Crippen LogP contribution in [0.25, 0.3) is 0 Å². The average molecular weight is 560 g/mol. The summed E-state index contributed by atoms with van der Waals surface area (Å²) in [4.78, 5) is 56.9. The minimum absolute atomic E-state index is 0.000394. The van der Waals surface area contributed by atoms with E-state index in [0.29, 0.717) is 19.8 Å². The van der Waals surface area contributed by atoms with Crippen LogP contribution >= 0.6 is 58.5 Å². The highest BCUT2D eigenvalue weighted by atomic mass is 35.5. The van der Waals surface area contributed by atoms with Crippen molar-refractivity contribution in [2.24, 2.45) is 0 Å². The molecule has 2 amide bonds. The molecule has 2 aliphatic rings. The number of amides is 2. The zero-order chi connectivity index (χ0) is 24.6. The summed E-state index contributed by atoms with van der Waals surface area (Å²) >= 11 is 15.5. The number of rotatable bonds is 7. The number of thioether (sulfide) groups is 3. The Hall–Kier alpha value is -2.32. The lowest BCUT2D eigenvalue weighted by Gasteiger charge is -2.49. The second-order valence-corrected chi connectivity index (χ2v) is 11.1. The van der Waals surface area contributed by atoms with Crippen LogP contribution in [0.4, 0.5) is 5.82 Å². The summed E-state index contributed by atoms with van der Waals surface area (Å²) in [5.41, 5.74) is 4.75. The van der Waals surface area contributed by atoms with Gasteiger partial charge >= 0.3 is 11.7 Å². The second-order valence-electron chi connectivity index (χ2n) is 6.98. The summed E-state index contributed by atoms with van der Waals surface area (Å²) in [5.74, 6) is -1.90. The van der Waals surface area contributed by atoms with Crippen LogP contribution in [0.15, 0.2) is 49.6 Å². The monoisotopic (exact) mass is 559 g/mol. The molecule has 10 nitrogen and oxygen atoms in total. The molecule has 4 rings (SSSR count). The summed E-state index contributed by atoms with van der Waals surface area (Å²) in [6, 6.07) is 5.45. The summed E-state index contributed by atoms with van der Waals surface area (Å²) in [5, 5.41) is 13.0. The highest BCUT2D eigenvalue weighted by Gasteiger charge is 2.54. The van der Waals surface area contributed by atoms with Crippen molar-refractivity contribution in [3.8, 4) is 0 Å². The third-order valence-corrected chi connectivity index (χ3v) is 8.87. The van der Waals surface area contributed by atoms with Gasteiger partial charge in [-0.15, -0.1) is 23.5 Å². The number of carbonyl (C=O) groups is 3. The Morgan fingerprint density at radius 2 is 2.09 bits per heavy atom. The second kappa shape index (κ2) is 10.1. The Kier molecular flexibility index (Phi) is 7.38. The topological polar surface area (TPSA) is 158 Å². The first-order chi connectivity index (χ1) is 16.1. The third-order valence-electron chi connectivity index (χ3n) is 4.67. The molecule has 15 heteroatoms. The quantitative estimate of drug-likeness (QED) is 0.225. The van der Waals surface area contributed by atoms with Gasteiger partial charge in [-0.25, -0.2) is 9.59 Å². The van der Waals surface area contributed by atoms with E-state index in [9.17, 15) is 24.3 Å². The summed E-state index contributed by atoms with van der Waals surface area (Å²) in [7, 11) is 0. The number of H-pyrrole nitrogens is 1. The number of nitrogens with two attached hydrogens (primary N) is 1. The highest BCUT2D eigenvalue weighted by Crippen LogP contribution is 2.44. The zero-order valence-corrected chi connectivity index (χ0v) is 20.9. The number of hydrogen-bond donors (Lipinski definition) is 4. The number of anilines is 1.